The molecule has 1 aromatic rings. The first-order chi connectivity index (χ1) is 7.33. The van der Waals surface area contributed by atoms with E-state index >= 15 is 0 Å². The molecule has 0 bridgehead atoms. The monoisotopic (exact) mass is 207 g/mol. The van der Waals surface area contributed by atoms with Gasteiger partial charge in [-0.05, 0) is 12.1 Å². The van der Waals surface area contributed by atoms with Crippen LogP contribution in [0, 0.1) is 0 Å². The van der Waals surface area contributed by atoms with Crippen LogP contribution in [0.3, 0.4) is 0 Å². The van der Waals surface area contributed by atoms with Crippen molar-refractivity contribution in [3.63, 3.8) is 0 Å². The molecule has 1 atom stereocenters. The second kappa shape index (κ2) is 4.42. The maximum Gasteiger partial charge on any atom is 0.279 e. The average Bonchev–Trinajstić information content (AvgIpc) is 2.77. The summed E-state index contributed by atoms with van der Waals surface area (Å²) < 4.78 is 5.15. The molecule has 1 heterocycles. The quantitative estimate of drug-likeness (QED) is 0.736. The van der Waals surface area contributed by atoms with Gasteiger partial charge in [-0.2, -0.15) is 5.06 Å². The Bertz CT molecular complexity index is 339. The van der Waals surface area contributed by atoms with E-state index in [1.165, 1.54) is 5.06 Å². The number of nitrogens with zero attached hydrogens (tertiary/aromatic N) is 1. The number of carbonyl (C=O) groups is 1. The third-order valence-corrected chi connectivity index (χ3v) is 2.35. The van der Waals surface area contributed by atoms with Crippen molar-refractivity contribution in [1.82, 2.24) is 5.06 Å². The molecule has 1 aromatic carbocycles. The second-order valence-electron chi connectivity index (χ2n) is 3.31. The van der Waals surface area contributed by atoms with Crippen molar-refractivity contribution in [1.29, 1.82) is 0 Å². The SMILES string of the molecule is COC1CCON1C(=O)c1ccccc1. The number of benzene rings is 1. The standard InChI is InChI=1S/C11H13NO3/c1-14-10-7-8-15-12(10)11(13)9-5-3-2-4-6-9/h2-6,10H,7-8H2,1H3. The first-order valence-corrected chi connectivity index (χ1v) is 4.87. The summed E-state index contributed by atoms with van der Waals surface area (Å²) in [5, 5.41) is 1.30. The van der Waals surface area contributed by atoms with Crippen LogP contribution in [0.2, 0.25) is 0 Å². The number of carbonyl (C=O) groups excluding carboxylic acids is 1. The van der Waals surface area contributed by atoms with Crippen LogP contribution in [-0.4, -0.2) is 30.9 Å². The van der Waals surface area contributed by atoms with Gasteiger partial charge in [-0.3, -0.25) is 9.63 Å². The van der Waals surface area contributed by atoms with Gasteiger partial charge in [0.1, 0.15) is 0 Å². The van der Waals surface area contributed by atoms with E-state index in [0.29, 0.717) is 12.2 Å². The molecule has 80 valence electrons. The average molecular weight is 207 g/mol. The number of amides is 1. The van der Waals surface area contributed by atoms with Crippen molar-refractivity contribution in [2.45, 2.75) is 12.6 Å². The van der Waals surface area contributed by atoms with Gasteiger partial charge in [-0.25, -0.2) is 0 Å². The van der Waals surface area contributed by atoms with Crippen LogP contribution in [0.4, 0.5) is 0 Å². The third kappa shape index (κ3) is 2.00. The lowest BCUT2D eigenvalue weighted by molar-refractivity contribution is -0.152. The summed E-state index contributed by atoms with van der Waals surface area (Å²) >= 11 is 0. The van der Waals surface area contributed by atoms with E-state index in [9.17, 15) is 4.79 Å². The minimum atomic E-state index is -0.266. The van der Waals surface area contributed by atoms with Gasteiger partial charge in [0.15, 0.2) is 6.23 Å². The minimum absolute atomic E-state index is 0.153. The minimum Gasteiger partial charge on any atom is -0.359 e. The maximum absolute atomic E-state index is 11.9. The molecular weight excluding hydrogens is 194 g/mol. The highest BCUT2D eigenvalue weighted by atomic mass is 16.7. The zero-order chi connectivity index (χ0) is 10.7. The van der Waals surface area contributed by atoms with Crippen molar-refractivity contribution in [3.05, 3.63) is 35.9 Å². The molecule has 1 saturated heterocycles. The molecule has 0 aliphatic carbocycles. The van der Waals surface area contributed by atoms with Gasteiger partial charge in [-0.1, -0.05) is 18.2 Å². The number of hydrogen-bond donors (Lipinski definition) is 0. The van der Waals surface area contributed by atoms with Gasteiger partial charge in [0.25, 0.3) is 5.91 Å². The van der Waals surface area contributed by atoms with Gasteiger partial charge in [0, 0.05) is 19.1 Å². The predicted molar refractivity (Wildman–Crippen MR) is 54.0 cm³/mol. The Balaban J connectivity index is 2.14. The van der Waals surface area contributed by atoms with Crippen molar-refractivity contribution in [2.75, 3.05) is 13.7 Å². The fourth-order valence-corrected chi connectivity index (χ4v) is 1.56. The molecule has 4 nitrogen and oxygen atoms in total. The fourth-order valence-electron chi connectivity index (χ4n) is 1.56. The molecule has 0 N–H and O–H groups in total. The lowest BCUT2D eigenvalue weighted by atomic mass is 10.2. The topological polar surface area (TPSA) is 38.8 Å². The van der Waals surface area contributed by atoms with E-state index in [4.69, 9.17) is 9.57 Å². The zero-order valence-corrected chi connectivity index (χ0v) is 8.55. The third-order valence-electron chi connectivity index (χ3n) is 2.35. The molecule has 2 rings (SSSR count). The number of hydroxylamine groups is 2. The smallest absolute Gasteiger partial charge is 0.279 e. The molecule has 0 spiro atoms. The number of hydrogen-bond acceptors (Lipinski definition) is 3. The van der Waals surface area contributed by atoms with Crippen molar-refractivity contribution < 1.29 is 14.4 Å². The summed E-state index contributed by atoms with van der Waals surface area (Å²) in [6, 6.07) is 9.04. The molecule has 4 heteroatoms. The summed E-state index contributed by atoms with van der Waals surface area (Å²) in [6.45, 7) is 0.525. The van der Waals surface area contributed by atoms with E-state index in [1.807, 2.05) is 18.2 Å². The lowest BCUT2D eigenvalue weighted by Crippen LogP contribution is -2.35. The molecule has 0 saturated carbocycles. The Morgan fingerprint density at radius 3 is 2.87 bits per heavy atom. The number of rotatable bonds is 2. The molecule has 1 amide bonds. The molecule has 1 unspecified atom stereocenters. The number of methoxy groups -OCH3 is 1. The molecule has 1 aliphatic heterocycles. The van der Waals surface area contributed by atoms with E-state index < -0.39 is 0 Å². The summed E-state index contributed by atoms with van der Waals surface area (Å²) in [4.78, 5) is 17.2. The summed E-state index contributed by atoms with van der Waals surface area (Å²) in [5.41, 5.74) is 0.612. The van der Waals surface area contributed by atoms with Crippen LogP contribution in [0.1, 0.15) is 16.8 Å². The lowest BCUT2D eigenvalue weighted by Gasteiger charge is -2.20. The normalized spacial score (nSPS) is 20.6. The largest absolute Gasteiger partial charge is 0.359 e. The van der Waals surface area contributed by atoms with Crippen LogP contribution in [0.5, 0.6) is 0 Å². The summed E-state index contributed by atoms with van der Waals surface area (Å²) in [5.74, 6) is -0.153. The van der Waals surface area contributed by atoms with Crippen molar-refractivity contribution in [2.24, 2.45) is 0 Å². The van der Waals surface area contributed by atoms with Crippen LogP contribution >= 0.6 is 0 Å². The highest BCUT2D eigenvalue weighted by Crippen LogP contribution is 2.18. The molecule has 0 aromatic heterocycles. The van der Waals surface area contributed by atoms with Crippen LogP contribution in [-0.2, 0) is 9.57 Å². The van der Waals surface area contributed by atoms with Gasteiger partial charge < -0.3 is 4.74 Å². The van der Waals surface area contributed by atoms with Gasteiger partial charge in [-0.15, -0.1) is 0 Å². The molecule has 1 fully saturated rings. The van der Waals surface area contributed by atoms with E-state index in [2.05, 4.69) is 0 Å². The van der Waals surface area contributed by atoms with Crippen molar-refractivity contribution >= 4 is 5.91 Å². The Kier molecular flexibility index (Phi) is 2.99. The maximum atomic E-state index is 11.9. The molecule has 0 radical (unpaired) electrons. The Morgan fingerprint density at radius 1 is 1.47 bits per heavy atom. The highest BCUT2D eigenvalue weighted by Gasteiger charge is 2.30. The fraction of sp³-hybridized carbons (Fsp3) is 0.364. The van der Waals surface area contributed by atoms with Crippen LogP contribution in [0.25, 0.3) is 0 Å². The van der Waals surface area contributed by atoms with E-state index in [0.717, 1.165) is 6.42 Å². The Labute approximate surface area is 88.4 Å². The zero-order valence-electron chi connectivity index (χ0n) is 8.55. The Hall–Kier alpha value is -1.39. The first kappa shape index (κ1) is 10.1. The van der Waals surface area contributed by atoms with E-state index in [-0.39, 0.29) is 12.1 Å². The Morgan fingerprint density at radius 2 is 2.20 bits per heavy atom. The summed E-state index contributed by atoms with van der Waals surface area (Å²) in [7, 11) is 1.57. The predicted octanol–water partition coefficient (Wildman–Crippen LogP) is 1.44. The molecule has 15 heavy (non-hydrogen) atoms. The van der Waals surface area contributed by atoms with Gasteiger partial charge >= 0.3 is 0 Å². The number of ether oxygens (including phenoxy) is 1. The van der Waals surface area contributed by atoms with Gasteiger partial charge in [0.2, 0.25) is 0 Å². The van der Waals surface area contributed by atoms with Crippen LogP contribution in [0.15, 0.2) is 30.3 Å². The van der Waals surface area contributed by atoms with Crippen molar-refractivity contribution in [3.8, 4) is 0 Å². The summed E-state index contributed by atoms with van der Waals surface area (Å²) in [6.07, 6.45) is 0.451. The molecule has 1 aliphatic rings. The van der Waals surface area contributed by atoms with Gasteiger partial charge in [0.05, 0.1) is 6.61 Å². The molecular formula is C11H13NO3. The van der Waals surface area contributed by atoms with Crippen LogP contribution < -0.4 is 0 Å². The van der Waals surface area contributed by atoms with E-state index in [1.54, 1.807) is 19.2 Å². The highest BCUT2D eigenvalue weighted by molar-refractivity contribution is 5.93. The first-order valence-electron chi connectivity index (χ1n) is 4.87. The second-order valence-corrected chi connectivity index (χ2v) is 3.31.